The highest BCUT2D eigenvalue weighted by molar-refractivity contribution is 7.99. The van der Waals surface area contributed by atoms with Crippen molar-refractivity contribution in [2.45, 2.75) is 58.4 Å². The zero-order valence-corrected chi connectivity index (χ0v) is 22.6. The Labute approximate surface area is 219 Å². The lowest BCUT2D eigenvalue weighted by Crippen LogP contribution is -2.34. The third kappa shape index (κ3) is 5.75. The van der Waals surface area contributed by atoms with E-state index in [9.17, 15) is 14.7 Å². The molecule has 192 valence electrons. The van der Waals surface area contributed by atoms with Gasteiger partial charge in [-0.1, -0.05) is 50.7 Å². The minimum atomic E-state index is -0.548. The van der Waals surface area contributed by atoms with Gasteiger partial charge in [0.1, 0.15) is 5.00 Å². The number of thiophene rings is 1. The van der Waals surface area contributed by atoms with Gasteiger partial charge in [-0.3, -0.25) is 4.79 Å². The van der Waals surface area contributed by atoms with Gasteiger partial charge in [0.25, 0.3) is 5.03 Å². The predicted molar refractivity (Wildman–Crippen MR) is 137 cm³/mol. The van der Waals surface area contributed by atoms with Crippen molar-refractivity contribution in [2.24, 2.45) is 11.3 Å². The molecule has 0 spiro atoms. The van der Waals surface area contributed by atoms with Crippen LogP contribution in [-0.2, 0) is 22.4 Å². The highest BCUT2D eigenvalue weighted by atomic mass is 32.2. The fourth-order valence-corrected chi connectivity index (χ4v) is 6.58. The first-order valence-corrected chi connectivity index (χ1v) is 13.9. The van der Waals surface area contributed by atoms with Crippen LogP contribution in [0, 0.1) is 11.3 Å². The standard InChI is InChI=1S/C26H31N3O5S2/c1-5-33-24(31)21-18-12-11-16(26(2,3)4)15-19(18)36-22(21)27-20(30)13-14-35-23-25(32)34-28-29(23)17-9-7-6-8-10-17/h6-10,16H,5,11-15H2,1-4H3,(H-,27,28,30,31,32). The number of carbonyl (C=O) groups excluding carboxylic acids is 2. The maximum absolute atomic E-state index is 12.9. The van der Waals surface area contributed by atoms with E-state index in [1.165, 1.54) is 27.8 Å². The maximum Gasteiger partial charge on any atom is 0.341 e. The molecule has 2 heterocycles. The average molecular weight is 530 g/mol. The largest absolute Gasteiger partial charge is 0.538 e. The molecule has 1 amide bonds. The number of aromatic nitrogens is 2. The van der Waals surface area contributed by atoms with E-state index in [2.05, 4.69) is 31.4 Å². The van der Waals surface area contributed by atoms with E-state index in [0.29, 0.717) is 32.9 Å². The van der Waals surface area contributed by atoms with Gasteiger partial charge in [0.2, 0.25) is 11.6 Å². The van der Waals surface area contributed by atoms with Crippen molar-refractivity contribution >= 4 is 40.0 Å². The number of ether oxygens (including phenoxy) is 1. The summed E-state index contributed by atoms with van der Waals surface area (Å²) in [5, 5.41) is 19.8. The molecule has 8 nitrogen and oxygen atoms in total. The van der Waals surface area contributed by atoms with Crippen molar-refractivity contribution in [2.75, 3.05) is 17.7 Å². The van der Waals surface area contributed by atoms with Crippen LogP contribution < -0.4 is 15.1 Å². The maximum atomic E-state index is 12.9. The third-order valence-electron chi connectivity index (χ3n) is 6.36. The Bertz CT molecular complexity index is 1230. The van der Waals surface area contributed by atoms with E-state index in [0.717, 1.165) is 29.7 Å². The molecule has 2 aromatic heterocycles. The second-order valence-electron chi connectivity index (χ2n) is 9.79. The van der Waals surface area contributed by atoms with Crippen LogP contribution in [0.5, 0.6) is 5.95 Å². The monoisotopic (exact) mass is 529 g/mol. The van der Waals surface area contributed by atoms with Gasteiger partial charge in [0.15, 0.2) is 5.95 Å². The Morgan fingerprint density at radius 2 is 2.06 bits per heavy atom. The quantitative estimate of drug-likeness (QED) is 0.259. The topological polar surface area (TPSA) is 108 Å². The number of nitrogens with zero attached hydrogens (tertiary/aromatic N) is 2. The number of benzene rings is 1. The molecule has 1 aliphatic carbocycles. The first-order valence-electron chi connectivity index (χ1n) is 12.1. The Hall–Kier alpha value is -2.85. The Balaban J connectivity index is 1.45. The fraction of sp³-hybridized carbons (Fsp3) is 0.462. The molecule has 0 fully saturated rings. The molecule has 1 aliphatic rings. The summed E-state index contributed by atoms with van der Waals surface area (Å²) in [7, 11) is 0. The van der Waals surface area contributed by atoms with Gasteiger partial charge in [-0.25, -0.2) is 4.79 Å². The number of amides is 1. The molecule has 36 heavy (non-hydrogen) atoms. The number of esters is 1. The lowest BCUT2D eigenvalue weighted by atomic mass is 9.72. The molecule has 1 unspecified atom stereocenters. The summed E-state index contributed by atoms with van der Waals surface area (Å²) in [6.45, 7) is 8.78. The fourth-order valence-electron chi connectivity index (χ4n) is 4.36. The molecular formula is C26H31N3O5S2. The second kappa shape index (κ2) is 11.0. The number of anilines is 1. The van der Waals surface area contributed by atoms with Crippen LogP contribution in [0.15, 0.2) is 39.9 Å². The van der Waals surface area contributed by atoms with Crippen molar-refractivity contribution in [3.63, 3.8) is 0 Å². The van der Waals surface area contributed by atoms with Gasteiger partial charge in [-0.05, 0) is 47.8 Å². The second-order valence-corrected chi connectivity index (χ2v) is 12.0. The molecule has 10 heteroatoms. The molecule has 0 bridgehead atoms. The number of fused-ring (bicyclic) bond motifs is 1. The van der Waals surface area contributed by atoms with Crippen LogP contribution in [-0.4, -0.2) is 29.5 Å². The zero-order valence-electron chi connectivity index (χ0n) is 21.0. The first kappa shape index (κ1) is 26.2. The summed E-state index contributed by atoms with van der Waals surface area (Å²) < 4.78 is 11.6. The smallest absolute Gasteiger partial charge is 0.341 e. The van der Waals surface area contributed by atoms with Crippen molar-refractivity contribution in [1.82, 2.24) is 5.27 Å². The summed E-state index contributed by atoms with van der Waals surface area (Å²) >= 11 is 2.69. The number of nitrogens with one attached hydrogen (secondary N) is 1. The molecule has 3 aromatic rings. The van der Waals surface area contributed by atoms with Crippen LogP contribution >= 0.6 is 23.1 Å². The van der Waals surface area contributed by atoms with Crippen molar-refractivity contribution < 1.29 is 28.6 Å². The van der Waals surface area contributed by atoms with Crippen molar-refractivity contribution in [3.8, 4) is 11.6 Å². The third-order valence-corrected chi connectivity index (χ3v) is 8.55. The molecule has 1 atom stereocenters. The summed E-state index contributed by atoms with van der Waals surface area (Å²) in [5.41, 5.74) is 2.37. The number of hydrogen-bond donors (Lipinski definition) is 1. The molecule has 0 saturated heterocycles. The number of para-hydroxylation sites is 1. The lowest BCUT2D eigenvalue weighted by molar-refractivity contribution is -0.705. The minimum Gasteiger partial charge on any atom is -0.538 e. The van der Waals surface area contributed by atoms with Crippen LogP contribution in [0.4, 0.5) is 5.00 Å². The van der Waals surface area contributed by atoms with Crippen LogP contribution in [0.3, 0.4) is 0 Å². The number of rotatable bonds is 8. The minimum absolute atomic E-state index is 0.152. The summed E-state index contributed by atoms with van der Waals surface area (Å²) in [6, 6.07) is 9.19. The Morgan fingerprint density at radius 1 is 1.31 bits per heavy atom. The number of hydrogen-bond acceptors (Lipinski definition) is 8. The van der Waals surface area contributed by atoms with Crippen LogP contribution in [0.25, 0.3) is 5.69 Å². The Kier molecular flexibility index (Phi) is 8.04. The first-order chi connectivity index (χ1) is 17.2. The number of carbonyl (C=O) groups is 2. The van der Waals surface area contributed by atoms with E-state index in [4.69, 9.17) is 9.26 Å². The highest BCUT2D eigenvalue weighted by Crippen LogP contribution is 2.44. The molecule has 1 N–H and O–H groups in total. The van der Waals surface area contributed by atoms with Crippen molar-refractivity contribution in [1.29, 1.82) is 0 Å². The van der Waals surface area contributed by atoms with Crippen LogP contribution in [0.2, 0.25) is 0 Å². The predicted octanol–water partition coefficient (Wildman–Crippen LogP) is 4.54. The summed E-state index contributed by atoms with van der Waals surface area (Å²) in [5.74, 6) is -0.304. The van der Waals surface area contributed by atoms with Gasteiger partial charge >= 0.3 is 5.97 Å². The Morgan fingerprint density at radius 3 is 2.75 bits per heavy atom. The number of thioether (sulfide) groups is 1. The SMILES string of the molecule is CCOC(=O)c1c(NC(=O)CCSc2c([O-])on[n+]2-c2ccccc2)sc2c1CCC(C(C)(C)C)C2. The van der Waals surface area contributed by atoms with Gasteiger partial charge in [0.05, 0.1) is 17.4 Å². The molecular weight excluding hydrogens is 498 g/mol. The lowest BCUT2D eigenvalue weighted by Gasteiger charge is -2.33. The van der Waals surface area contributed by atoms with Gasteiger partial charge in [0, 0.05) is 29.2 Å². The van der Waals surface area contributed by atoms with Gasteiger partial charge < -0.3 is 19.7 Å². The average Bonchev–Trinajstić information content (AvgIpc) is 3.38. The highest BCUT2D eigenvalue weighted by Gasteiger charge is 2.34. The van der Waals surface area contributed by atoms with Gasteiger partial charge in [-0.15, -0.1) is 11.3 Å². The van der Waals surface area contributed by atoms with E-state index in [-0.39, 0.29) is 24.3 Å². The molecule has 0 aliphatic heterocycles. The van der Waals surface area contributed by atoms with E-state index < -0.39 is 11.9 Å². The normalized spacial score (nSPS) is 15.4. The zero-order chi connectivity index (χ0) is 25.9. The van der Waals surface area contributed by atoms with E-state index >= 15 is 0 Å². The van der Waals surface area contributed by atoms with Gasteiger partial charge in [-0.2, -0.15) is 0 Å². The van der Waals surface area contributed by atoms with E-state index in [1.807, 2.05) is 30.3 Å². The molecule has 4 rings (SSSR count). The molecule has 0 saturated carbocycles. The molecule has 1 aromatic carbocycles. The molecule has 0 radical (unpaired) electrons. The summed E-state index contributed by atoms with van der Waals surface area (Å²) in [4.78, 5) is 26.8. The summed E-state index contributed by atoms with van der Waals surface area (Å²) in [6.07, 6.45) is 2.84. The van der Waals surface area contributed by atoms with Crippen molar-refractivity contribution in [3.05, 3.63) is 46.3 Å². The van der Waals surface area contributed by atoms with E-state index in [1.54, 1.807) is 6.92 Å². The van der Waals surface area contributed by atoms with Crippen LogP contribution in [0.1, 0.15) is 61.3 Å².